The number of aromatic nitrogens is 2. The molecule has 0 saturated heterocycles. The second-order valence-corrected chi connectivity index (χ2v) is 6.93. The van der Waals surface area contributed by atoms with Crippen molar-refractivity contribution in [1.82, 2.24) is 15.3 Å². The van der Waals surface area contributed by atoms with E-state index >= 15 is 0 Å². The van der Waals surface area contributed by atoms with Crippen molar-refractivity contribution in [3.05, 3.63) is 88.7 Å². The van der Waals surface area contributed by atoms with Crippen LogP contribution >= 0.6 is 0 Å². The third kappa shape index (κ3) is 5.57. The highest BCUT2D eigenvalue weighted by molar-refractivity contribution is 5.73. The molecule has 0 spiro atoms. The highest BCUT2D eigenvalue weighted by Gasteiger charge is 2.08. The molecule has 3 rings (SSSR count). The van der Waals surface area contributed by atoms with Crippen LogP contribution in [0.4, 0.5) is 10.6 Å². The van der Waals surface area contributed by atoms with Crippen LogP contribution in [0, 0.1) is 0 Å². The van der Waals surface area contributed by atoms with Crippen molar-refractivity contribution in [2.24, 2.45) is 0 Å². The van der Waals surface area contributed by atoms with Crippen LogP contribution in [-0.4, -0.2) is 16.1 Å². The smallest absolute Gasteiger partial charge is 0.411 e. The van der Waals surface area contributed by atoms with Gasteiger partial charge >= 0.3 is 6.09 Å². The number of nitrogen functional groups attached to an aromatic ring is 1. The minimum atomic E-state index is -0.574. The first kappa shape index (κ1) is 21.8. The lowest BCUT2D eigenvalue weighted by molar-refractivity contribution is 0.143. The van der Waals surface area contributed by atoms with Gasteiger partial charge in [-0.25, -0.2) is 9.78 Å². The topological polar surface area (TPSA) is 90.1 Å². The minimum absolute atomic E-state index is 0.182. The summed E-state index contributed by atoms with van der Waals surface area (Å²) < 4.78 is 5.26. The first-order chi connectivity index (χ1) is 15.0. The van der Waals surface area contributed by atoms with Gasteiger partial charge in [-0.1, -0.05) is 49.9 Å². The molecule has 2 heterocycles. The summed E-state index contributed by atoms with van der Waals surface area (Å²) in [5.41, 5.74) is 10.3. The van der Waals surface area contributed by atoms with Crippen molar-refractivity contribution in [3.63, 3.8) is 0 Å². The number of benzene rings is 1. The molecule has 0 unspecified atom stereocenters. The van der Waals surface area contributed by atoms with E-state index in [1.165, 1.54) is 0 Å². The van der Waals surface area contributed by atoms with E-state index in [0.29, 0.717) is 11.5 Å². The van der Waals surface area contributed by atoms with E-state index in [9.17, 15) is 4.79 Å². The summed E-state index contributed by atoms with van der Waals surface area (Å²) in [7, 11) is 0. The van der Waals surface area contributed by atoms with Crippen LogP contribution in [-0.2, 0) is 17.8 Å². The van der Waals surface area contributed by atoms with Crippen LogP contribution in [0.25, 0.3) is 23.4 Å². The third-order valence-corrected chi connectivity index (χ3v) is 4.78. The summed E-state index contributed by atoms with van der Waals surface area (Å²) in [4.78, 5) is 20.9. The maximum Gasteiger partial charge on any atom is 0.411 e. The summed E-state index contributed by atoms with van der Waals surface area (Å²) in [6.07, 6.45) is 7.45. The fraction of sp³-hybridized carbons (Fsp3) is 0.160. The first-order valence-electron chi connectivity index (χ1n) is 10.1. The van der Waals surface area contributed by atoms with Gasteiger partial charge in [0.15, 0.2) is 0 Å². The van der Waals surface area contributed by atoms with Gasteiger partial charge in [-0.3, -0.25) is 10.3 Å². The van der Waals surface area contributed by atoms with E-state index in [0.717, 1.165) is 39.2 Å². The number of nitrogens with zero attached hydrogens (tertiary/aromatic N) is 2. The zero-order chi connectivity index (χ0) is 22.2. The number of anilines is 1. The number of amides is 1. The molecule has 0 atom stereocenters. The molecule has 0 fully saturated rings. The molecule has 158 valence electrons. The van der Waals surface area contributed by atoms with Gasteiger partial charge in [-0.05, 0) is 47.9 Å². The molecule has 0 radical (unpaired) electrons. The van der Waals surface area contributed by atoms with Crippen molar-refractivity contribution < 1.29 is 9.53 Å². The Bertz CT molecular complexity index is 1200. The molecule has 1 aromatic carbocycles. The number of nitrogens with two attached hydrogens (primary N) is 1. The Morgan fingerprint density at radius 3 is 2.74 bits per heavy atom. The number of carbonyl (C=O) groups is 1. The largest absolute Gasteiger partial charge is 0.444 e. The summed E-state index contributed by atoms with van der Waals surface area (Å²) >= 11 is 0. The first-order valence-corrected chi connectivity index (χ1v) is 10.1. The average Bonchev–Trinajstić information content (AvgIpc) is 2.78. The second-order valence-electron chi connectivity index (χ2n) is 6.93. The van der Waals surface area contributed by atoms with Gasteiger partial charge in [0.05, 0.1) is 5.69 Å². The Balaban J connectivity index is 1.85. The monoisotopic (exact) mass is 414 g/mol. The molecule has 3 N–H and O–H groups in total. The number of allylic oxidation sites excluding steroid dienone is 1. The number of ether oxygens (including phenoxy) is 1. The van der Waals surface area contributed by atoms with Crippen molar-refractivity contribution >= 4 is 24.1 Å². The Morgan fingerprint density at radius 2 is 2.03 bits per heavy atom. The highest BCUT2D eigenvalue weighted by Crippen LogP contribution is 2.20. The lowest BCUT2D eigenvalue weighted by Gasteiger charge is -2.09. The molecule has 1 amide bonds. The Hall–Kier alpha value is -3.93. The molecule has 0 aliphatic heterocycles. The zero-order valence-corrected chi connectivity index (χ0v) is 17.8. The highest BCUT2D eigenvalue weighted by atomic mass is 16.5. The van der Waals surface area contributed by atoms with E-state index in [-0.39, 0.29) is 6.61 Å². The summed E-state index contributed by atoms with van der Waals surface area (Å²) in [5, 5.41) is 4.22. The fourth-order valence-corrected chi connectivity index (χ4v) is 3.24. The van der Waals surface area contributed by atoms with E-state index in [2.05, 4.69) is 28.8 Å². The van der Waals surface area contributed by atoms with Crippen LogP contribution in [0.15, 0.2) is 67.1 Å². The molecule has 0 aliphatic rings. The van der Waals surface area contributed by atoms with Gasteiger partial charge in [-0.2, -0.15) is 0 Å². The molecule has 0 saturated carbocycles. The average molecular weight is 415 g/mol. The van der Waals surface area contributed by atoms with Crippen molar-refractivity contribution in [2.75, 3.05) is 5.73 Å². The maximum atomic E-state index is 12.1. The van der Waals surface area contributed by atoms with Crippen LogP contribution in [0.1, 0.15) is 25.0 Å². The molecule has 31 heavy (non-hydrogen) atoms. The molecular weight excluding hydrogens is 388 g/mol. The minimum Gasteiger partial charge on any atom is -0.444 e. The van der Waals surface area contributed by atoms with Gasteiger partial charge in [0.2, 0.25) is 0 Å². The predicted octanol–water partition coefficient (Wildman–Crippen LogP) is 3.31. The standard InChI is InChI=1S/C25H26N4O2/c1-4-19-11-12-27-15-22(19)23-14-20(21(5-2)24(26)29-23)13-17(3)28-25(30)31-16-18-9-7-6-8-10-18/h5-15H,3-4,16H2,1-2H3,(H2,26,29)(H,28,30)/b20-13-,21-5+. The SMILES string of the molecule is C=C(/C=c1/cc(-c2cnccc2CC)nc(N)/c1=C/C)NC(=O)OCc1ccccc1. The number of hydrogen-bond donors (Lipinski definition) is 2. The molecule has 2 aromatic heterocycles. The fourth-order valence-electron chi connectivity index (χ4n) is 3.24. The molecule has 0 aliphatic carbocycles. The number of rotatable bonds is 6. The molecule has 6 heteroatoms. The third-order valence-electron chi connectivity index (χ3n) is 4.78. The van der Waals surface area contributed by atoms with Crippen LogP contribution in [0.3, 0.4) is 0 Å². The van der Waals surface area contributed by atoms with Crippen LogP contribution in [0.2, 0.25) is 0 Å². The van der Waals surface area contributed by atoms with Crippen LogP contribution in [0.5, 0.6) is 0 Å². The van der Waals surface area contributed by atoms with Crippen LogP contribution < -0.4 is 21.5 Å². The molecule has 0 bridgehead atoms. The summed E-state index contributed by atoms with van der Waals surface area (Å²) in [6, 6.07) is 13.4. The van der Waals surface area contributed by atoms with Gasteiger partial charge in [0.25, 0.3) is 0 Å². The maximum absolute atomic E-state index is 12.1. The Labute approximate surface area is 181 Å². The molecular formula is C25H26N4O2. The lowest BCUT2D eigenvalue weighted by Crippen LogP contribution is -2.31. The number of alkyl carbamates (subject to hydrolysis) is 1. The zero-order valence-electron chi connectivity index (χ0n) is 17.8. The predicted molar refractivity (Wildman–Crippen MR) is 124 cm³/mol. The van der Waals surface area contributed by atoms with Gasteiger partial charge in [0, 0.05) is 28.9 Å². The van der Waals surface area contributed by atoms with Gasteiger partial charge in [-0.15, -0.1) is 0 Å². The lowest BCUT2D eigenvalue weighted by atomic mass is 10.0. The summed E-state index contributed by atoms with van der Waals surface area (Å²) in [5.74, 6) is 0.400. The number of nitrogens with one attached hydrogen (secondary N) is 1. The summed E-state index contributed by atoms with van der Waals surface area (Å²) in [6.45, 7) is 8.08. The van der Waals surface area contributed by atoms with Gasteiger partial charge in [0.1, 0.15) is 12.4 Å². The van der Waals surface area contributed by atoms with E-state index in [1.807, 2.05) is 55.5 Å². The number of pyridine rings is 2. The Morgan fingerprint density at radius 1 is 1.26 bits per heavy atom. The Kier molecular flexibility index (Phi) is 7.17. The van der Waals surface area contributed by atoms with Gasteiger partial charge < -0.3 is 10.5 Å². The molecule has 6 nitrogen and oxygen atoms in total. The van der Waals surface area contributed by atoms with E-state index in [4.69, 9.17) is 10.5 Å². The number of aryl methyl sites for hydroxylation is 1. The quantitative estimate of drug-likeness (QED) is 0.646. The normalized spacial score (nSPS) is 11.9. The number of hydrogen-bond acceptors (Lipinski definition) is 5. The number of carbonyl (C=O) groups excluding carboxylic acids is 1. The van der Waals surface area contributed by atoms with Crippen molar-refractivity contribution in [1.29, 1.82) is 0 Å². The van der Waals surface area contributed by atoms with E-state index < -0.39 is 6.09 Å². The van der Waals surface area contributed by atoms with Crippen molar-refractivity contribution in [3.8, 4) is 11.3 Å². The van der Waals surface area contributed by atoms with Crippen molar-refractivity contribution in [2.45, 2.75) is 26.9 Å². The second kappa shape index (κ2) is 10.2. The molecule has 3 aromatic rings. The van der Waals surface area contributed by atoms with E-state index in [1.54, 1.807) is 18.5 Å².